The third kappa shape index (κ3) is 6.35. The highest BCUT2D eigenvalue weighted by atomic mass is 35.5. The Hall–Kier alpha value is -1.80. The van der Waals surface area contributed by atoms with Crippen molar-refractivity contribution in [1.29, 1.82) is 0 Å². The Morgan fingerprint density at radius 1 is 1.16 bits per heavy atom. The van der Waals surface area contributed by atoms with Crippen LogP contribution in [-0.4, -0.2) is 61.5 Å². The number of halogens is 1. The molecule has 1 aliphatic carbocycles. The van der Waals surface area contributed by atoms with Gasteiger partial charge in [-0.25, -0.2) is 13.2 Å². The summed E-state index contributed by atoms with van der Waals surface area (Å²) in [5, 5.41) is 0.572. The molecule has 0 bridgehead atoms. The van der Waals surface area contributed by atoms with E-state index in [0.29, 0.717) is 17.2 Å². The van der Waals surface area contributed by atoms with Crippen LogP contribution in [0.25, 0.3) is 0 Å². The Morgan fingerprint density at radius 3 is 2.48 bits per heavy atom. The van der Waals surface area contributed by atoms with Gasteiger partial charge in [0.2, 0.25) is 0 Å². The van der Waals surface area contributed by atoms with Crippen LogP contribution < -0.4 is 4.74 Å². The van der Waals surface area contributed by atoms with Gasteiger partial charge in [0.1, 0.15) is 5.75 Å². The Morgan fingerprint density at radius 2 is 1.87 bits per heavy atom. The number of nitrogens with zero attached hydrogens (tertiary/aromatic N) is 1. The first-order valence-corrected chi connectivity index (χ1v) is 13.0. The molecule has 1 saturated carbocycles. The third-order valence-electron chi connectivity index (χ3n) is 5.97. The lowest BCUT2D eigenvalue weighted by molar-refractivity contribution is -0.159. The summed E-state index contributed by atoms with van der Waals surface area (Å²) in [7, 11) is -3.13. The Kier molecular flexibility index (Phi) is 7.86. The van der Waals surface area contributed by atoms with Crippen molar-refractivity contribution in [1.82, 2.24) is 4.90 Å². The predicted octanol–water partition coefficient (Wildman–Crippen LogP) is 3.31. The molecule has 31 heavy (non-hydrogen) atoms. The van der Waals surface area contributed by atoms with Crippen molar-refractivity contribution in [2.24, 2.45) is 0 Å². The van der Waals surface area contributed by atoms with E-state index in [2.05, 4.69) is 0 Å². The molecule has 0 aromatic heterocycles. The normalized spacial score (nSPS) is 22.0. The molecular weight excluding hydrogens is 442 g/mol. The van der Waals surface area contributed by atoms with Crippen LogP contribution in [0.5, 0.6) is 5.75 Å². The van der Waals surface area contributed by atoms with Crippen molar-refractivity contribution >= 4 is 33.3 Å². The summed E-state index contributed by atoms with van der Waals surface area (Å²) in [5.41, 5.74) is 0.786. The summed E-state index contributed by atoms with van der Waals surface area (Å²) in [5.74, 6) is -0.389. The standard InChI is InChI=1S/C22H30ClNO6S/c1-15-12-17(23)8-9-20(15)30-16(2)22(26)29-13-21(25)24(18-6-4-3-5-7-18)19-10-11-31(27,28)14-19/h8-9,12,16,18-19H,3-7,10-11,13-14H2,1-2H3. The maximum Gasteiger partial charge on any atom is 0.347 e. The van der Waals surface area contributed by atoms with Gasteiger partial charge >= 0.3 is 5.97 Å². The maximum absolute atomic E-state index is 13.0. The van der Waals surface area contributed by atoms with E-state index in [-0.39, 0.29) is 29.5 Å². The Bertz CT molecular complexity index is 913. The molecule has 1 aromatic rings. The number of hydrogen-bond donors (Lipinski definition) is 0. The fraction of sp³-hybridized carbons (Fsp3) is 0.636. The fourth-order valence-electron chi connectivity index (χ4n) is 4.37. The van der Waals surface area contributed by atoms with Gasteiger partial charge in [0.25, 0.3) is 5.91 Å². The molecule has 1 heterocycles. The van der Waals surface area contributed by atoms with Gasteiger partial charge in [0, 0.05) is 17.1 Å². The van der Waals surface area contributed by atoms with Gasteiger partial charge in [0.15, 0.2) is 22.5 Å². The van der Waals surface area contributed by atoms with Crippen LogP contribution >= 0.6 is 11.6 Å². The summed E-state index contributed by atoms with van der Waals surface area (Å²) in [6.07, 6.45) is 4.39. The summed E-state index contributed by atoms with van der Waals surface area (Å²) in [4.78, 5) is 27.1. The topological polar surface area (TPSA) is 90.0 Å². The second kappa shape index (κ2) is 10.2. The highest BCUT2D eigenvalue weighted by molar-refractivity contribution is 7.91. The molecule has 1 amide bonds. The van der Waals surface area contributed by atoms with Crippen molar-refractivity contribution < 1.29 is 27.5 Å². The minimum atomic E-state index is -3.13. The smallest absolute Gasteiger partial charge is 0.347 e. The molecule has 1 aromatic carbocycles. The zero-order valence-corrected chi connectivity index (χ0v) is 19.6. The first kappa shape index (κ1) is 23.9. The predicted molar refractivity (Wildman–Crippen MR) is 118 cm³/mol. The molecule has 0 N–H and O–H groups in total. The summed E-state index contributed by atoms with van der Waals surface area (Å²) < 4.78 is 34.9. The van der Waals surface area contributed by atoms with Crippen molar-refractivity contribution in [3.8, 4) is 5.75 Å². The SMILES string of the molecule is Cc1cc(Cl)ccc1OC(C)C(=O)OCC(=O)N(C1CCCCC1)C1CCS(=O)(=O)C1. The van der Waals surface area contributed by atoms with Crippen molar-refractivity contribution in [3.05, 3.63) is 28.8 Å². The molecule has 2 atom stereocenters. The van der Waals surface area contributed by atoms with Gasteiger partial charge in [-0.15, -0.1) is 0 Å². The molecule has 0 spiro atoms. The quantitative estimate of drug-likeness (QED) is 0.567. The van der Waals surface area contributed by atoms with Crippen LogP contribution in [0.2, 0.25) is 5.02 Å². The van der Waals surface area contributed by atoms with Gasteiger partial charge in [-0.1, -0.05) is 30.9 Å². The molecule has 2 aliphatic rings. The Labute approximate surface area is 188 Å². The molecule has 9 heteroatoms. The molecule has 0 radical (unpaired) electrons. The number of carbonyl (C=O) groups excluding carboxylic acids is 2. The lowest BCUT2D eigenvalue weighted by Gasteiger charge is -2.38. The zero-order chi connectivity index (χ0) is 22.6. The van der Waals surface area contributed by atoms with E-state index in [1.807, 2.05) is 6.92 Å². The van der Waals surface area contributed by atoms with Gasteiger partial charge in [-0.3, -0.25) is 4.79 Å². The van der Waals surface area contributed by atoms with Gasteiger partial charge in [-0.2, -0.15) is 0 Å². The monoisotopic (exact) mass is 471 g/mol. The van der Waals surface area contributed by atoms with Crippen LogP contribution in [0.15, 0.2) is 18.2 Å². The molecular formula is C22H30ClNO6S. The lowest BCUT2D eigenvalue weighted by atomic mass is 9.93. The Balaban J connectivity index is 1.60. The molecule has 3 rings (SSSR count). The number of rotatable bonds is 7. The minimum Gasteiger partial charge on any atom is -0.479 e. The van der Waals surface area contributed by atoms with E-state index < -0.39 is 28.5 Å². The van der Waals surface area contributed by atoms with Crippen LogP contribution in [0.4, 0.5) is 0 Å². The number of ether oxygens (including phenoxy) is 2. The van der Waals surface area contributed by atoms with Crippen LogP contribution in [-0.2, 0) is 24.2 Å². The average molecular weight is 472 g/mol. The second-order valence-electron chi connectivity index (χ2n) is 8.43. The van der Waals surface area contributed by atoms with E-state index in [9.17, 15) is 18.0 Å². The summed E-state index contributed by atoms with van der Waals surface area (Å²) in [6.45, 7) is 2.96. The fourth-order valence-corrected chi connectivity index (χ4v) is 6.31. The van der Waals surface area contributed by atoms with Crippen molar-refractivity contribution in [2.45, 2.75) is 70.6 Å². The second-order valence-corrected chi connectivity index (χ2v) is 11.1. The summed E-state index contributed by atoms with van der Waals surface area (Å²) in [6, 6.07) is 4.74. The number of hydrogen-bond acceptors (Lipinski definition) is 6. The molecule has 1 aliphatic heterocycles. The van der Waals surface area contributed by atoms with E-state index in [1.54, 1.807) is 30.0 Å². The van der Waals surface area contributed by atoms with Crippen LogP contribution in [0.1, 0.15) is 51.0 Å². The number of amides is 1. The number of benzene rings is 1. The molecule has 172 valence electrons. The number of esters is 1. The molecule has 1 saturated heterocycles. The van der Waals surface area contributed by atoms with Crippen LogP contribution in [0, 0.1) is 6.92 Å². The van der Waals surface area contributed by atoms with E-state index >= 15 is 0 Å². The molecule has 7 nitrogen and oxygen atoms in total. The number of aryl methyl sites for hydroxylation is 1. The molecule has 2 unspecified atom stereocenters. The number of sulfone groups is 1. The van der Waals surface area contributed by atoms with E-state index in [0.717, 1.165) is 37.7 Å². The minimum absolute atomic E-state index is 0.00337. The largest absolute Gasteiger partial charge is 0.479 e. The lowest BCUT2D eigenvalue weighted by Crippen LogP contribution is -2.50. The van der Waals surface area contributed by atoms with Crippen LogP contribution in [0.3, 0.4) is 0 Å². The third-order valence-corrected chi connectivity index (χ3v) is 7.95. The zero-order valence-electron chi connectivity index (χ0n) is 18.0. The van der Waals surface area contributed by atoms with Gasteiger partial charge in [-0.05, 0) is 56.9 Å². The van der Waals surface area contributed by atoms with E-state index in [4.69, 9.17) is 21.1 Å². The summed E-state index contributed by atoms with van der Waals surface area (Å²) >= 11 is 5.94. The van der Waals surface area contributed by atoms with Gasteiger partial charge in [0.05, 0.1) is 11.5 Å². The maximum atomic E-state index is 13.0. The highest BCUT2D eigenvalue weighted by Crippen LogP contribution is 2.28. The molecule has 2 fully saturated rings. The average Bonchev–Trinajstić information content (AvgIpc) is 3.08. The first-order chi connectivity index (χ1) is 14.7. The van der Waals surface area contributed by atoms with E-state index in [1.165, 1.54) is 0 Å². The van der Waals surface area contributed by atoms with Crippen molar-refractivity contribution in [2.75, 3.05) is 18.1 Å². The van der Waals surface area contributed by atoms with Gasteiger partial charge < -0.3 is 14.4 Å². The first-order valence-electron chi connectivity index (χ1n) is 10.8. The number of carbonyl (C=O) groups is 2. The highest BCUT2D eigenvalue weighted by Gasteiger charge is 2.38. The van der Waals surface area contributed by atoms with Crippen molar-refractivity contribution in [3.63, 3.8) is 0 Å².